The van der Waals surface area contributed by atoms with Crippen molar-refractivity contribution < 1.29 is 24.6 Å². The molecule has 1 aromatic carbocycles. The average Bonchev–Trinajstić information content (AvgIpc) is 2.36. The van der Waals surface area contributed by atoms with Gasteiger partial charge in [-0.05, 0) is 24.6 Å². The maximum Gasteiger partial charge on any atom is 0.322 e. The van der Waals surface area contributed by atoms with Gasteiger partial charge >= 0.3 is 5.97 Å². The number of rotatable bonds is 5. The summed E-state index contributed by atoms with van der Waals surface area (Å²) in [4.78, 5) is 33.0. The van der Waals surface area contributed by atoms with Crippen LogP contribution >= 0.6 is 0 Å². The number of carbonyl (C=O) groups excluding carboxylic acids is 2. The predicted molar refractivity (Wildman–Crippen MR) is 65.8 cm³/mol. The Morgan fingerprint density at radius 1 is 1.16 bits per heavy atom. The third-order valence-electron chi connectivity index (χ3n) is 2.32. The third kappa shape index (κ3) is 4.66. The number of aromatic hydroxyl groups is 1. The van der Waals surface area contributed by atoms with Gasteiger partial charge in [-0.15, -0.1) is 0 Å². The van der Waals surface area contributed by atoms with E-state index in [1.807, 2.05) is 0 Å². The summed E-state index contributed by atoms with van der Waals surface area (Å²) in [6, 6.07) is 4.38. The lowest BCUT2D eigenvalue weighted by atomic mass is 10.1. The average molecular weight is 266 g/mol. The van der Waals surface area contributed by atoms with Crippen molar-refractivity contribution in [3.05, 3.63) is 29.3 Å². The minimum Gasteiger partial charge on any atom is -0.508 e. The summed E-state index contributed by atoms with van der Waals surface area (Å²) in [6.07, 6.45) is 0. The lowest BCUT2D eigenvalue weighted by Gasteiger charge is -2.06. The summed E-state index contributed by atoms with van der Waals surface area (Å²) in [6.45, 7) is 0.858. The summed E-state index contributed by atoms with van der Waals surface area (Å²) in [5, 5.41) is 22.2. The van der Waals surface area contributed by atoms with Crippen molar-refractivity contribution in [3.63, 3.8) is 0 Å². The minimum absolute atomic E-state index is 0.0111. The number of hydrogen-bond donors (Lipinski definition) is 4. The van der Waals surface area contributed by atoms with Gasteiger partial charge in [-0.1, -0.05) is 6.07 Å². The number of amides is 2. The summed E-state index contributed by atoms with van der Waals surface area (Å²) in [7, 11) is 0. The normalized spacial score (nSPS) is 9.74. The van der Waals surface area contributed by atoms with Crippen LogP contribution in [0.2, 0.25) is 0 Å². The van der Waals surface area contributed by atoms with Crippen LogP contribution in [-0.2, 0) is 9.59 Å². The zero-order chi connectivity index (χ0) is 14.4. The number of aliphatic carboxylic acids is 1. The Hall–Kier alpha value is -2.57. The Balaban J connectivity index is 2.49. The first-order valence-corrected chi connectivity index (χ1v) is 5.46. The van der Waals surface area contributed by atoms with Crippen LogP contribution in [0.15, 0.2) is 18.2 Å². The Morgan fingerprint density at radius 3 is 2.42 bits per heavy atom. The number of hydrogen-bond acceptors (Lipinski definition) is 4. The maximum atomic E-state index is 11.6. The molecule has 0 spiro atoms. The second-order valence-corrected chi connectivity index (χ2v) is 3.85. The van der Waals surface area contributed by atoms with Gasteiger partial charge < -0.3 is 20.8 Å². The van der Waals surface area contributed by atoms with Gasteiger partial charge in [-0.25, -0.2) is 0 Å². The molecule has 0 aliphatic heterocycles. The van der Waals surface area contributed by atoms with E-state index in [1.165, 1.54) is 12.1 Å². The fourth-order valence-corrected chi connectivity index (χ4v) is 1.25. The molecule has 1 rings (SSSR count). The number of aryl methyl sites for hydroxylation is 1. The number of benzene rings is 1. The van der Waals surface area contributed by atoms with E-state index in [1.54, 1.807) is 13.0 Å². The maximum absolute atomic E-state index is 11.6. The molecule has 102 valence electrons. The van der Waals surface area contributed by atoms with Crippen LogP contribution < -0.4 is 10.6 Å². The molecule has 0 unspecified atom stereocenters. The standard InChI is InChI=1S/C12H14N2O5/c1-7-2-3-8(4-9(7)15)12(19)14-5-10(16)13-6-11(17)18/h2-4,15H,5-6H2,1H3,(H,13,16)(H,14,19)(H,17,18). The van der Waals surface area contributed by atoms with E-state index in [-0.39, 0.29) is 17.9 Å². The molecule has 0 radical (unpaired) electrons. The zero-order valence-corrected chi connectivity index (χ0v) is 10.3. The van der Waals surface area contributed by atoms with Crippen molar-refractivity contribution in [2.24, 2.45) is 0 Å². The van der Waals surface area contributed by atoms with E-state index in [9.17, 15) is 19.5 Å². The van der Waals surface area contributed by atoms with Gasteiger partial charge in [0.05, 0.1) is 6.54 Å². The van der Waals surface area contributed by atoms with Gasteiger partial charge in [0, 0.05) is 5.56 Å². The van der Waals surface area contributed by atoms with Crippen LogP contribution in [0, 0.1) is 6.92 Å². The van der Waals surface area contributed by atoms with Crippen LogP contribution in [-0.4, -0.2) is 41.1 Å². The summed E-state index contributed by atoms with van der Waals surface area (Å²) >= 11 is 0. The van der Waals surface area contributed by atoms with Gasteiger partial charge in [-0.3, -0.25) is 14.4 Å². The lowest BCUT2D eigenvalue weighted by molar-refractivity contribution is -0.137. The van der Waals surface area contributed by atoms with Crippen LogP contribution in [0.25, 0.3) is 0 Å². The number of phenolic OH excluding ortho intramolecular Hbond substituents is 1. The van der Waals surface area contributed by atoms with Gasteiger partial charge in [0.1, 0.15) is 12.3 Å². The highest BCUT2D eigenvalue weighted by molar-refractivity contribution is 5.97. The topological polar surface area (TPSA) is 116 Å². The van der Waals surface area contributed by atoms with Crippen LogP contribution in [0.5, 0.6) is 5.75 Å². The molecular formula is C12H14N2O5. The quantitative estimate of drug-likeness (QED) is 0.580. The Morgan fingerprint density at radius 2 is 1.84 bits per heavy atom. The Labute approximate surface area is 109 Å². The first kappa shape index (κ1) is 14.5. The van der Waals surface area contributed by atoms with E-state index >= 15 is 0 Å². The van der Waals surface area contributed by atoms with E-state index in [0.717, 1.165) is 0 Å². The largest absolute Gasteiger partial charge is 0.508 e. The molecule has 0 atom stereocenters. The Kier molecular flexibility index (Phi) is 4.87. The molecule has 0 bridgehead atoms. The third-order valence-corrected chi connectivity index (χ3v) is 2.32. The molecule has 0 fully saturated rings. The second-order valence-electron chi connectivity index (χ2n) is 3.85. The van der Waals surface area contributed by atoms with Crippen molar-refractivity contribution in [2.75, 3.05) is 13.1 Å². The van der Waals surface area contributed by atoms with Crippen molar-refractivity contribution in [2.45, 2.75) is 6.92 Å². The molecule has 7 nitrogen and oxygen atoms in total. The van der Waals surface area contributed by atoms with Gasteiger partial charge in [0.15, 0.2) is 0 Å². The highest BCUT2D eigenvalue weighted by Gasteiger charge is 2.10. The molecule has 0 aromatic heterocycles. The SMILES string of the molecule is Cc1ccc(C(=O)NCC(=O)NCC(=O)O)cc1O. The van der Waals surface area contributed by atoms with Gasteiger partial charge in [-0.2, -0.15) is 0 Å². The number of carboxylic acid groups (broad SMARTS) is 1. The summed E-state index contributed by atoms with van der Waals surface area (Å²) in [5.41, 5.74) is 0.852. The van der Waals surface area contributed by atoms with Crippen molar-refractivity contribution >= 4 is 17.8 Å². The van der Waals surface area contributed by atoms with Crippen LogP contribution in [0.1, 0.15) is 15.9 Å². The van der Waals surface area contributed by atoms with Crippen molar-refractivity contribution in [3.8, 4) is 5.75 Å². The summed E-state index contributed by atoms with van der Waals surface area (Å²) < 4.78 is 0. The van der Waals surface area contributed by atoms with E-state index in [2.05, 4.69) is 10.6 Å². The molecule has 0 saturated heterocycles. The van der Waals surface area contributed by atoms with Crippen LogP contribution in [0.3, 0.4) is 0 Å². The monoisotopic (exact) mass is 266 g/mol. The summed E-state index contributed by atoms with van der Waals surface area (Å²) in [5.74, 6) is -2.31. The molecular weight excluding hydrogens is 252 g/mol. The molecule has 4 N–H and O–H groups in total. The fraction of sp³-hybridized carbons (Fsp3) is 0.250. The zero-order valence-electron chi connectivity index (χ0n) is 10.3. The molecule has 19 heavy (non-hydrogen) atoms. The minimum atomic E-state index is -1.16. The molecule has 7 heteroatoms. The first-order chi connectivity index (χ1) is 8.90. The Bertz CT molecular complexity index is 513. The molecule has 1 aromatic rings. The first-order valence-electron chi connectivity index (χ1n) is 5.46. The highest BCUT2D eigenvalue weighted by atomic mass is 16.4. The highest BCUT2D eigenvalue weighted by Crippen LogP contribution is 2.17. The van der Waals surface area contributed by atoms with E-state index < -0.39 is 24.3 Å². The number of phenols is 1. The van der Waals surface area contributed by atoms with Crippen molar-refractivity contribution in [1.29, 1.82) is 0 Å². The number of carbonyl (C=O) groups is 3. The van der Waals surface area contributed by atoms with Gasteiger partial charge in [0.25, 0.3) is 5.91 Å². The predicted octanol–water partition coefficient (Wildman–Crippen LogP) is -0.369. The molecule has 0 heterocycles. The van der Waals surface area contributed by atoms with Gasteiger partial charge in [0.2, 0.25) is 5.91 Å². The molecule has 0 saturated carbocycles. The fourth-order valence-electron chi connectivity index (χ4n) is 1.25. The number of nitrogens with one attached hydrogen (secondary N) is 2. The molecule has 0 aliphatic carbocycles. The smallest absolute Gasteiger partial charge is 0.322 e. The van der Waals surface area contributed by atoms with Crippen molar-refractivity contribution in [1.82, 2.24) is 10.6 Å². The number of carboxylic acids is 1. The second kappa shape index (κ2) is 6.39. The molecule has 2 amide bonds. The van der Waals surface area contributed by atoms with E-state index in [0.29, 0.717) is 5.56 Å². The van der Waals surface area contributed by atoms with E-state index in [4.69, 9.17) is 5.11 Å². The lowest BCUT2D eigenvalue weighted by Crippen LogP contribution is -2.39. The van der Waals surface area contributed by atoms with Crippen LogP contribution in [0.4, 0.5) is 0 Å². The molecule has 0 aliphatic rings.